The molecule has 0 atom stereocenters. The van der Waals surface area contributed by atoms with Crippen molar-refractivity contribution in [3.63, 3.8) is 0 Å². The van der Waals surface area contributed by atoms with Crippen molar-refractivity contribution in [3.05, 3.63) is 133 Å². The molecule has 0 aliphatic heterocycles. The normalized spacial score (nSPS) is 11.1. The van der Waals surface area contributed by atoms with Gasteiger partial charge in [0, 0.05) is 47.7 Å². The molecule has 0 saturated heterocycles. The Labute approximate surface area is 264 Å². The van der Waals surface area contributed by atoms with Crippen LogP contribution >= 0.6 is 0 Å². The van der Waals surface area contributed by atoms with Gasteiger partial charge in [-0.15, -0.1) is 0 Å². The average molecular weight is 599 g/mol. The van der Waals surface area contributed by atoms with E-state index in [4.69, 9.17) is 19.7 Å². The van der Waals surface area contributed by atoms with Gasteiger partial charge in [0.1, 0.15) is 11.5 Å². The molecule has 0 fully saturated rings. The second-order valence-electron chi connectivity index (χ2n) is 10.7. The summed E-state index contributed by atoms with van der Waals surface area (Å²) in [4.78, 5) is 0. The zero-order valence-corrected chi connectivity index (χ0v) is 25.7. The Hall–Kier alpha value is -5.18. The molecule has 4 aromatic carbocycles. The predicted octanol–water partition coefficient (Wildman–Crippen LogP) is 6.68. The first kappa shape index (κ1) is 29.9. The van der Waals surface area contributed by atoms with Gasteiger partial charge in [0.25, 0.3) is 0 Å². The van der Waals surface area contributed by atoms with Crippen molar-refractivity contribution in [2.45, 2.75) is 19.5 Å². The number of hydrogen-bond acceptors (Lipinski definition) is 6. The molecular weight excluding hydrogens is 560 g/mol. The van der Waals surface area contributed by atoms with Crippen LogP contribution in [0.3, 0.4) is 0 Å². The third kappa shape index (κ3) is 7.32. The molecule has 45 heavy (non-hydrogen) atoms. The lowest BCUT2D eigenvalue weighted by molar-refractivity contribution is 0.415. The highest BCUT2D eigenvalue weighted by atomic mass is 16.5. The van der Waals surface area contributed by atoms with Crippen molar-refractivity contribution in [1.82, 2.24) is 30.2 Å². The van der Waals surface area contributed by atoms with Crippen molar-refractivity contribution in [2.75, 3.05) is 27.3 Å². The Morgan fingerprint density at radius 2 is 0.933 bits per heavy atom. The Morgan fingerprint density at radius 1 is 0.533 bits per heavy atom. The summed E-state index contributed by atoms with van der Waals surface area (Å²) in [5, 5.41) is 17.1. The minimum absolute atomic E-state index is 0.722. The first-order chi connectivity index (χ1) is 22.2. The Balaban J connectivity index is 1.07. The van der Waals surface area contributed by atoms with Crippen molar-refractivity contribution < 1.29 is 9.47 Å². The third-order valence-corrected chi connectivity index (χ3v) is 7.69. The van der Waals surface area contributed by atoms with Gasteiger partial charge < -0.3 is 20.1 Å². The van der Waals surface area contributed by atoms with Crippen molar-refractivity contribution >= 4 is 0 Å². The van der Waals surface area contributed by atoms with Gasteiger partial charge in [-0.3, -0.25) is 0 Å². The number of ether oxygens (including phenoxy) is 2. The Bertz CT molecular complexity index is 1650. The molecule has 0 aliphatic rings. The van der Waals surface area contributed by atoms with E-state index >= 15 is 0 Å². The molecule has 2 heterocycles. The zero-order chi connectivity index (χ0) is 30.8. The summed E-state index contributed by atoms with van der Waals surface area (Å²) in [7, 11) is 3.36. The molecule has 0 bridgehead atoms. The van der Waals surface area contributed by atoms with Crippen LogP contribution in [0.15, 0.2) is 122 Å². The minimum atomic E-state index is 0.722. The van der Waals surface area contributed by atoms with Crippen LogP contribution < -0.4 is 20.1 Å². The molecule has 8 heteroatoms. The van der Waals surface area contributed by atoms with Crippen LogP contribution in [-0.2, 0) is 13.1 Å². The lowest BCUT2D eigenvalue weighted by atomic mass is 10.1. The number of nitrogens with one attached hydrogen (secondary N) is 2. The van der Waals surface area contributed by atoms with E-state index in [1.165, 1.54) is 0 Å². The number of rotatable bonds is 14. The van der Waals surface area contributed by atoms with Crippen molar-refractivity contribution in [1.29, 1.82) is 0 Å². The maximum Gasteiger partial charge on any atom is 0.118 e. The number of para-hydroxylation sites is 2. The van der Waals surface area contributed by atoms with Gasteiger partial charge in [-0.2, -0.15) is 10.2 Å². The van der Waals surface area contributed by atoms with E-state index in [9.17, 15) is 0 Å². The molecule has 8 nitrogen and oxygen atoms in total. The summed E-state index contributed by atoms with van der Waals surface area (Å²) >= 11 is 0. The molecule has 0 unspecified atom stereocenters. The lowest BCUT2D eigenvalue weighted by Crippen LogP contribution is -2.21. The summed E-state index contributed by atoms with van der Waals surface area (Å²) in [6.45, 7) is 3.19. The monoisotopic (exact) mass is 598 g/mol. The highest BCUT2D eigenvalue weighted by molar-refractivity contribution is 5.65. The second-order valence-corrected chi connectivity index (χ2v) is 10.7. The SMILES string of the molecule is COc1ccc(-c2nn(-c3ccccc3)cc2CNCCCNCc2cn(-c3ccccc3)nc2-c2ccc(OC)cc2)cc1. The largest absolute Gasteiger partial charge is 0.497 e. The van der Waals surface area contributed by atoms with Gasteiger partial charge in [0.15, 0.2) is 0 Å². The summed E-state index contributed by atoms with van der Waals surface area (Å²) in [6.07, 6.45) is 5.21. The van der Waals surface area contributed by atoms with Gasteiger partial charge in [0.05, 0.1) is 37.0 Å². The summed E-state index contributed by atoms with van der Waals surface area (Å²) in [5.74, 6) is 1.66. The van der Waals surface area contributed by atoms with Crippen LogP contribution in [0.5, 0.6) is 11.5 Å². The maximum absolute atomic E-state index is 5.36. The van der Waals surface area contributed by atoms with Gasteiger partial charge in [-0.1, -0.05) is 36.4 Å². The Morgan fingerprint density at radius 3 is 1.31 bits per heavy atom. The number of benzene rings is 4. The number of methoxy groups -OCH3 is 2. The van der Waals surface area contributed by atoms with Crippen LogP contribution in [0.4, 0.5) is 0 Å². The molecule has 0 saturated carbocycles. The molecule has 228 valence electrons. The molecule has 0 aliphatic carbocycles. The molecule has 0 amide bonds. The molecule has 2 N–H and O–H groups in total. The van der Waals surface area contributed by atoms with E-state index in [1.54, 1.807) is 14.2 Å². The maximum atomic E-state index is 5.36. The van der Waals surface area contributed by atoms with E-state index in [2.05, 4.69) is 71.6 Å². The number of nitrogens with zero attached hydrogens (tertiary/aromatic N) is 4. The van der Waals surface area contributed by atoms with Crippen LogP contribution in [0, 0.1) is 0 Å². The predicted molar refractivity (Wildman–Crippen MR) is 179 cm³/mol. The van der Waals surface area contributed by atoms with Crippen LogP contribution in [-0.4, -0.2) is 46.9 Å². The number of hydrogen-bond donors (Lipinski definition) is 2. The van der Waals surface area contributed by atoms with Crippen LogP contribution in [0.1, 0.15) is 17.5 Å². The van der Waals surface area contributed by atoms with Crippen LogP contribution in [0.25, 0.3) is 33.9 Å². The standard InChI is InChI=1S/C37H38N6O2/c1-44-34-18-14-28(15-19-34)36-30(26-42(40-36)32-10-5-3-6-11-32)24-38-22-9-23-39-25-31-27-43(33-12-7-4-8-13-33)41-37(31)29-16-20-35(45-2)21-17-29/h3-8,10-21,26-27,38-39H,9,22-25H2,1-2H3. The fourth-order valence-electron chi connectivity index (χ4n) is 5.27. The second kappa shape index (κ2) is 14.5. The molecular formula is C37H38N6O2. The fraction of sp³-hybridized carbons (Fsp3) is 0.189. The van der Waals surface area contributed by atoms with Gasteiger partial charge in [0.2, 0.25) is 0 Å². The van der Waals surface area contributed by atoms with E-state index in [0.717, 1.165) is 89.1 Å². The lowest BCUT2D eigenvalue weighted by Gasteiger charge is -2.08. The quantitative estimate of drug-likeness (QED) is 0.136. The summed E-state index contributed by atoms with van der Waals surface area (Å²) in [6, 6.07) is 36.6. The molecule has 0 radical (unpaired) electrons. The third-order valence-electron chi connectivity index (χ3n) is 7.69. The van der Waals surface area contributed by atoms with E-state index < -0.39 is 0 Å². The fourth-order valence-corrected chi connectivity index (χ4v) is 5.27. The smallest absolute Gasteiger partial charge is 0.118 e. The molecule has 6 aromatic rings. The van der Waals surface area contributed by atoms with Gasteiger partial charge in [-0.05, 0) is 92.3 Å². The van der Waals surface area contributed by atoms with Crippen LogP contribution in [0.2, 0.25) is 0 Å². The van der Waals surface area contributed by atoms with Gasteiger partial charge in [-0.25, -0.2) is 9.36 Å². The van der Waals surface area contributed by atoms with Gasteiger partial charge >= 0.3 is 0 Å². The summed E-state index contributed by atoms with van der Waals surface area (Å²) in [5.41, 5.74) is 8.42. The zero-order valence-electron chi connectivity index (χ0n) is 25.7. The molecule has 6 rings (SSSR count). The first-order valence-electron chi connectivity index (χ1n) is 15.2. The highest BCUT2D eigenvalue weighted by Crippen LogP contribution is 2.27. The van der Waals surface area contributed by atoms with E-state index in [1.807, 2.05) is 70.0 Å². The highest BCUT2D eigenvalue weighted by Gasteiger charge is 2.14. The first-order valence-corrected chi connectivity index (χ1v) is 15.2. The van der Waals surface area contributed by atoms with Crippen molar-refractivity contribution in [3.8, 4) is 45.4 Å². The molecule has 2 aromatic heterocycles. The minimum Gasteiger partial charge on any atom is -0.497 e. The van der Waals surface area contributed by atoms with E-state index in [0.29, 0.717) is 0 Å². The van der Waals surface area contributed by atoms with Crippen molar-refractivity contribution in [2.24, 2.45) is 0 Å². The molecule has 0 spiro atoms. The average Bonchev–Trinajstić information content (AvgIpc) is 3.74. The number of aromatic nitrogens is 4. The van der Waals surface area contributed by atoms with E-state index in [-0.39, 0.29) is 0 Å². The Kier molecular flexibility index (Phi) is 9.64. The summed E-state index contributed by atoms with van der Waals surface area (Å²) < 4.78 is 14.6. The topological polar surface area (TPSA) is 78.2 Å².